The molecular formula is C16H18N2O2. The van der Waals surface area contributed by atoms with E-state index in [-0.39, 0.29) is 12.5 Å². The SMILES string of the molecule is COc1cccc(NCC(=O)Nc2cccc(C)c2)c1. The lowest BCUT2D eigenvalue weighted by atomic mass is 10.2. The Balaban J connectivity index is 1.88. The van der Waals surface area contributed by atoms with E-state index in [1.54, 1.807) is 7.11 Å². The van der Waals surface area contributed by atoms with Crippen molar-refractivity contribution < 1.29 is 9.53 Å². The molecule has 0 aliphatic carbocycles. The van der Waals surface area contributed by atoms with Gasteiger partial charge in [-0.15, -0.1) is 0 Å². The van der Waals surface area contributed by atoms with Crippen LogP contribution >= 0.6 is 0 Å². The number of hydrogen-bond acceptors (Lipinski definition) is 3. The molecule has 0 aromatic heterocycles. The molecule has 2 N–H and O–H groups in total. The van der Waals surface area contributed by atoms with E-state index in [9.17, 15) is 4.79 Å². The number of nitrogens with one attached hydrogen (secondary N) is 2. The lowest BCUT2D eigenvalue weighted by molar-refractivity contribution is -0.114. The van der Waals surface area contributed by atoms with Gasteiger partial charge in [0, 0.05) is 17.4 Å². The van der Waals surface area contributed by atoms with Gasteiger partial charge in [0.25, 0.3) is 0 Å². The molecule has 2 aromatic rings. The van der Waals surface area contributed by atoms with E-state index in [4.69, 9.17) is 4.74 Å². The van der Waals surface area contributed by atoms with Gasteiger partial charge in [-0.1, -0.05) is 18.2 Å². The number of methoxy groups -OCH3 is 1. The van der Waals surface area contributed by atoms with Crippen molar-refractivity contribution in [2.45, 2.75) is 6.92 Å². The first kappa shape index (κ1) is 13.9. The van der Waals surface area contributed by atoms with E-state index in [1.165, 1.54) is 0 Å². The fourth-order valence-electron chi connectivity index (χ4n) is 1.84. The van der Waals surface area contributed by atoms with Gasteiger partial charge in [-0.05, 0) is 36.8 Å². The summed E-state index contributed by atoms with van der Waals surface area (Å²) in [6.07, 6.45) is 0. The van der Waals surface area contributed by atoms with Crippen molar-refractivity contribution >= 4 is 17.3 Å². The summed E-state index contributed by atoms with van der Waals surface area (Å²) >= 11 is 0. The lowest BCUT2D eigenvalue weighted by Gasteiger charge is -2.09. The van der Waals surface area contributed by atoms with Crippen LogP contribution in [0.5, 0.6) is 5.75 Å². The summed E-state index contributed by atoms with van der Waals surface area (Å²) in [6, 6.07) is 15.2. The summed E-state index contributed by atoms with van der Waals surface area (Å²) in [5, 5.41) is 5.91. The first-order valence-corrected chi connectivity index (χ1v) is 6.42. The lowest BCUT2D eigenvalue weighted by Crippen LogP contribution is -2.21. The second-order valence-corrected chi connectivity index (χ2v) is 4.50. The third-order valence-corrected chi connectivity index (χ3v) is 2.82. The van der Waals surface area contributed by atoms with Crippen LogP contribution in [0.3, 0.4) is 0 Å². The van der Waals surface area contributed by atoms with E-state index in [2.05, 4.69) is 10.6 Å². The van der Waals surface area contributed by atoms with Gasteiger partial charge in [-0.3, -0.25) is 4.79 Å². The Morgan fingerprint density at radius 2 is 1.85 bits per heavy atom. The maximum Gasteiger partial charge on any atom is 0.243 e. The molecule has 0 aliphatic rings. The molecule has 4 heteroatoms. The fraction of sp³-hybridized carbons (Fsp3) is 0.188. The number of ether oxygens (including phenoxy) is 1. The molecule has 2 aromatic carbocycles. The highest BCUT2D eigenvalue weighted by Crippen LogP contribution is 2.16. The molecule has 0 heterocycles. The largest absolute Gasteiger partial charge is 0.497 e. The van der Waals surface area contributed by atoms with Crippen molar-refractivity contribution in [1.29, 1.82) is 0 Å². The molecule has 4 nitrogen and oxygen atoms in total. The summed E-state index contributed by atoms with van der Waals surface area (Å²) in [4.78, 5) is 11.8. The van der Waals surface area contributed by atoms with E-state index >= 15 is 0 Å². The minimum Gasteiger partial charge on any atom is -0.497 e. The summed E-state index contributed by atoms with van der Waals surface area (Å²) in [6.45, 7) is 2.20. The van der Waals surface area contributed by atoms with E-state index < -0.39 is 0 Å². The molecule has 0 spiro atoms. The minimum absolute atomic E-state index is 0.0848. The smallest absolute Gasteiger partial charge is 0.243 e. The zero-order valence-corrected chi connectivity index (χ0v) is 11.6. The maximum absolute atomic E-state index is 11.8. The highest BCUT2D eigenvalue weighted by atomic mass is 16.5. The second-order valence-electron chi connectivity index (χ2n) is 4.50. The highest BCUT2D eigenvalue weighted by molar-refractivity contribution is 5.93. The molecule has 0 atom stereocenters. The first-order chi connectivity index (χ1) is 9.67. The van der Waals surface area contributed by atoms with Gasteiger partial charge in [0.05, 0.1) is 13.7 Å². The van der Waals surface area contributed by atoms with Crippen molar-refractivity contribution in [3.63, 3.8) is 0 Å². The van der Waals surface area contributed by atoms with Crippen molar-refractivity contribution in [3.8, 4) is 5.75 Å². The van der Waals surface area contributed by atoms with E-state index in [0.717, 1.165) is 22.7 Å². The van der Waals surface area contributed by atoms with Crippen LogP contribution in [0.25, 0.3) is 0 Å². The summed E-state index contributed by atoms with van der Waals surface area (Å²) in [7, 11) is 1.61. The van der Waals surface area contributed by atoms with Gasteiger partial charge >= 0.3 is 0 Å². The Hall–Kier alpha value is -2.49. The number of anilines is 2. The standard InChI is InChI=1S/C16H18N2O2/c1-12-5-3-7-14(9-12)18-16(19)11-17-13-6-4-8-15(10-13)20-2/h3-10,17H,11H2,1-2H3,(H,18,19). The number of aryl methyl sites for hydroxylation is 1. The van der Waals surface area contributed by atoms with Crippen LogP contribution in [0.4, 0.5) is 11.4 Å². The maximum atomic E-state index is 11.8. The third-order valence-electron chi connectivity index (χ3n) is 2.82. The van der Waals surface area contributed by atoms with Crippen molar-refractivity contribution in [1.82, 2.24) is 0 Å². The molecule has 0 aliphatic heterocycles. The topological polar surface area (TPSA) is 50.4 Å². The van der Waals surface area contributed by atoms with Crippen LogP contribution in [0.1, 0.15) is 5.56 Å². The highest BCUT2D eigenvalue weighted by Gasteiger charge is 2.03. The molecule has 0 bridgehead atoms. The average Bonchev–Trinajstić information content (AvgIpc) is 2.45. The quantitative estimate of drug-likeness (QED) is 0.878. The Bertz CT molecular complexity index is 597. The Labute approximate surface area is 118 Å². The molecule has 2 rings (SSSR count). The molecule has 0 fully saturated rings. The van der Waals surface area contributed by atoms with Gasteiger partial charge in [0.1, 0.15) is 5.75 Å². The molecule has 0 saturated carbocycles. The van der Waals surface area contributed by atoms with Crippen LogP contribution < -0.4 is 15.4 Å². The summed E-state index contributed by atoms with van der Waals surface area (Å²) in [5.74, 6) is 0.674. The molecular weight excluding hydrogens is 252 g/mol. The van der Waals surface area contributed by atoms with Crippen molar-refractivity contribution in [2.24, 2.45) is 0 Å². The number of amides is 1. The van der Waals surface area contributed by atoms with E-state index in [0.29, 0.717) is 0 Å². The van der Waals surface area contributed by atoms with Crippen LogP contribution in [0, 0.1) is 6.92 Å². The van der Waals surface area contributed by atoms with Crippen molar-refractivity contribution in [3.05, 3.63) is 54.1 Å². The minimum atomic E-state index is -0.0848. The summed E-state index contributed by atoms with van der Waals surface area (Å²) < 4.78 is 5.13. The first-order valence-electron chi connectivity index (χ1n) is 6.42. The monoisotopic (exact) mass is 270 g/mol. The summed E-state index contributed by atoms with van der Waals surface area (Å²) in [5.41, 5.74) is 2.77. The molecule has 0 radical (unpaired) electrons. The number of carbonyl (C=O) groups is 1. The van der Waals surface area contributed by atoms with Crippen LogP contribution in [0.15, 0.2) is 48.5 Å². The van der Waals surface area contributed by atoms with Crippen LogP contribution in [-0.2, 0) is 4.79 Å². The van der Waals surface area contributed by atoms with Crippen LogP contribution in [0.2, 0.25) is 0 Å². The third kappa shape index (κ3) is 4.02. The average molecular weight is 270 g/mol. The Kier molecular flexibility index (Phi) is 4.60. The molecule has 0 unspecified atom stereocenters. The number of hydrogen-bond donors (Lipinski definition) is 2. The molecule has 0 saturated heterocycles. The second kappa shape index (κ2) is 6.61. The van der Waals surface area contributed by atoms with Crippen LogP contribution in [-0.4, -0.2) is 19.6 Å². The van der Waals surface area contributed by atoms with Gasteiger partial charge in [0.15, 0.2) is 0 Å². The number of rotatable bonds is 5. The normalized spacial score (nSPS) is 9.90. The number of benzene rings is 2. The van der Waals surface area contributed by atoms with Gasteiger partial charge in [-0.2, -0.15) is 0 Å². The number of carbonyl (C=O) groups excluding carboxylic acids is 1. The molecule has 104 valence electrons. The zero-order chi connectivity index (χ0) is 14.4. The zero-order valence-electron chi connectivity index (χ0n) is 11.6. The van der Waals surface area contributed by atoms with Gasteiger partial charge < -0.3 is 15.4 Å². The predicted octanol–water partition coefficient (Wildman–Crippen LogP) is 3.05. The Morgan fingerprint density at radius 3 is 2.60 bits per heavy atom. The molecule has 1 amide bonds. The fourth-order valence-corrected chi connectivity index (χ4v) is 1.84. The molecule has 20 heavy (non-hydrogen) atoms. The van der Waals surface area contributed by atoms with Crippen molar-refractivity contribution in [2.75, 3.05) is 24.3 Å². The van der Waals surface area contributed by atoms with Gasteiger partial charge in [0.2, 0.25) is 5.91 Å². The Morgan fingerprint density at radius 1 is 1.10 bits per heavy atom. The van der Waals surface area contributed by atoms with E-state index in [1.807, 2.05) is 55.5 Å². The predicted molar refractivity (Wildman–Crippen MR) is 81.3 cm³/mol. The van der Waals surface area contributed by atoms with Gasteiger partial charge in [-0.25, -0.2) is 0 Å².